The highest BCUT2D eigenvalue weighted by atomic mass is 32.2. The molecular formula is C10H17N3O2S. The number of aryl methyl sites for hydroxylation is 1. The van der Waals surface area contributed by atoms with E-state index in [1.807, 2.05) is 13.2 Å². The summed E-state index contributed by atoms with van der Waals surface area (Å²) in [6.07, 6.45) is 5.01. The SMILES string of the molecule is CSC(CO)C(C)NC(=O)c1cncn1C. The van der Waals surface area contributed by atoms with Crippen LogP contribution in [0.5, 0.6) is 0 Å². The van der Waals surface area contributed by atoms with Crippen LogP contribution in [0.25, 0.3) is 0 Å². The predicted molar refractivity (Wildman–Crippen MR) is 64.5 cm³/mol. The number of thioether (sulfide) groups is 1. The van der Waals surface area contributed by atoms with Crippen LogP contribution in [0.15, 0.2) is 12.5 Å². The number of aromatic nitrogens is 2. The number of imidazole rings is 1. The summed E-state index contributed by atoms with van der Waals surface area (Å²) in [5.74, 6) is -0.167. The number of carbonyl (C=O) groups is 1. The van der Waals surface area contributed by atoms with Crippen molar-refractivity contribution in [3.8, 4) is 0 Å². The van der Waals surface area contributed by atoms with Crippen LogP contribution in [-0.2, 0) is 7.05 Å². The summed E-state index contributed by atoms with van der Waals surface area (Å²) >= 11 is 1.53. The van der Waals surface area contributed by atoms with Crippen molar-refractivity contribution in [2.45, 2.75) is 18.2 Å². The van der Waals surface area contributed by atoms with Gasteiger partial charge in [0.15, 0.2) is 0 Å². The molecule has 0 spiro atoms. The zero-order chi connectivity index (χ0) is 12.1. The van der Waals surface area contributed by atoms with Gasteiger partial charge in [0.25, 0.3) is 5.91 Å². The Hall–Kier alpha value is -1.01. The Balaban J connectivity index is 2.61. The third-order valence-electron chi connectivity index (χ3n) is 2.45. The average molecular weight is 243 g/mol. The zero-order valence-corrected chi connectivity index (χ0v) is 10.5. The van der Waals surface area contributed by atoms with Crippen LogP contribution in [0.2, 0.25) is 0 Å². The first-order valence-corrected chi connectivity index (χ1v) is 6.29. The first-order valence-electron chi connectivity index (χ1n) is 5.01. The van der Waals surface area contributed by atoms with Gasteiger partial charge < -0.3 is 15.0 Å². The second-order valence-electron chi connectivity index (χ2n) is 3.61. The Bertz CT molecular complexity index is 350. The molecule has 1 aromatic rings. The molecule has 2 atom stereocenters. The molecule has 0 aromatic carbocycles. The lowest BCUT2D eigenvalue weighted by Crippen LogP contribution is -2.41. The number of hydrogen-bond acceptors (Lipinski definition) is 4. The summed E-state index contributed by atoms with van der Waals surface area (Å²) in [6, 6.07) is -0.0811. The highest BCUT2D eigenvalue weighted by molar-refractivity contribution is 7.99. The second-order valence-corrected chi connectivity index (χ2v) is 4.69. The molecule has 16 heavy (non-hydrogen) atoms. The van der Waals surface area contributed by atoms with Crippen LogP contribution in [0.3, 0.4) is 0 Å². The molecule has 90 valence electrons. The largest absolute Gasteiger partial charge is 0.395 e. The number of hydrogen-bond donors (Lipinski definition) is 2. The molecule has 0 radical (unpaired) electrons. The number of amides is 1. The molecule has 1 rings (SSSR count). The number of rotatable bonds is 5. The van der Waals surface area contributed by atoms with E-state index in [1.165, 1.54) is 18.0 Å². The van der Waals surface area contributed by atoms with Gasteiger partial charge in [0.05, 0.1) is 19.1 Å². The Morgan fingerprint density at radius 1 is 1.75 bits per heavy atom. The first-order chi connectivity index (χ1) is 7.60. The summed E-state index contributed by atoms with van der Waals surface area (Å²) in [5, 5.41) is 12.0. The van der Waals surface area contributed by atoms with Gasteiger partial charge >= 0.3 is 0 Å². The third-order valence-corrected chi connectivity index (χ3v) is 3.61. The lowest BCUT2D eigenvalue weighted by molar-refractivity contribution is 0.0927. The van der Waals surface area contributed by atoms with Crippen LogP contribution in [0, 0.1) is 0 Å². The van der Waals surface area contributed by atoms with Crippen LogP contribution >= 0.6 is 11.8 Å². The van der Waals surface area contributed by atoms with Gasteiger partial charge in [0.1, 0.15) is 5.69 Å². The van der Waals surface area contributed by atoms with Gasteiger partial charge in [-0.15, -0.1) is 0 Å². The van der Waals surface area contributed by atoms with E-state index in [4.69, 9.17) is 5.11 Å². The Labute approximate surface area is 99.3 Å². The second kappa shape index (κ2) is 5.91. The standard InChI is InChI=1S/C10H17N3O2S/c1-7(9(5-14)16-3)12-10(15)8-4-11-6-13(8)2/h4,6-7,9,14H,5H2,1-3H3,(H,12,15). The fourth-order valence-electron chi connectivity index (χ4n) is 1.39. The Morgan fingerprint density at radius 3 is 2.88 bits per heavy atom. The van der Waals surface area contributed by atoms with Crippen molar-refractivity contribution in [1.29, 1.82) is 0 Å². The van der Waals surface area contributed by atoms with E-state index in [1.54, 1.807) is 17.9 Å². The summed E-state index contributed by atoms with van der Waals surface area (Å²) < 4.78 is 1.66. The van der Waals surface area contributed by atoms with Crippen LogP contribution in [-0.4, -0.2) is 44.7 Å². The monoisotopic (exact) mass is 243 g/mol. The number of aliphatic hydroxyl groups excluding tert-OH is 1. The summed E-state index contributed by atoms with van der Waals surface area (Å²) in [4.78, 5) is 15.7. The lowest BCUT2D eigenvalue weighted by Gasteiger charge is -2.21. The van der Waals surface area contributed by atoms with E-state index < -0.39 is 0 Å². The normalized spacial score (nSPS) is 14.5. The molecule has 1 aromatic heterocycles. The van der Waals surface area contributed by atoms with Crippen molar-refractivity contribution in [3.63, 3.8) is 0 Å². The molecule has 0 saturated carbocycles. The molecule has 1 amide bonds. The first kappa shape index (κ1) is 13.1. The summed E-state index contributed by atoms with van der Waals surface area (Å²) in [7, 11) is 1.77. The molecule has 0 aliphatic carbocycles. The number of carbonyl (C=O) groups excluding carboxylic acids is 1. The highest BCUT2D eigenvalue weighted by Gasteiger charge is 2.19. The molecular weight excluding hydrogens is 226 g/mol. The van der Waals surface area contributed by atoms with Gasteiger partial charge in [-0.05, 0) is 13.2 Å². The van der Waals surface area contributed by atoms with Crippen LogP contribution < -0.4 is 5.32 Å². The maximum Gasteiger partial charge on any atom is 0.269 e. The fraction of sp³-hybridized carbons (Fsp3) is 0.600. The smallest absolute Gasteiger partial charge is 0.269 e. The van der Waals surface area contributed by atoms with Crippen molar-refractivity contribution in [3.05, 3.63) is 18.2 Å². The molecule has 0 fully saturated rings. The molecule has 5 nitrogen and oxygen atoms in total. The van der Waals surface area contributed by atoms with Gasteiger partial charge in [0.2, 0.25) is 0 Å². The highest BCUT2D eigenvalue weighted by Crippen LogP contribution is 2.10. The number of nitrogens with one attached hydrogen (secondary N) is 1. The molecule has 0 aliphatic rings. The van der Waals surface area contributed by atoms with E-state index in [2.05, 4.69) is 10.3 Å². The van der Waals surface area contributed by atoms with E-state index in [9.17, 15) is 4.79 Å². The van der Waals surface area contributed by atoms with E-state index in [-0.39, 0.29) is 23.8 Å². The number of aliphatic hydroxyl groups is 1. The Kier molecular flexibility index (Phi) is 4.82. The molecule has 0 aliphatic heterocycles. The van der Waals surface area contributed by atoms with Crippen LogP contribution in [0.4, 0.5) is 0 Å². The van der Waals surface area contributed by atoms with Gasteiger partial charge in [-0.1, -0.05) is 0 Å². The van der Waals surface area contributed by atoms with Crippen molar-refractivity contribution in [2.75, 3.05) is 12.9 Å². The fourth-order valence-corrected chi connectivity index (χ4v) is 2.01. The van der Waals surface area contributed by atoms with Gasteiger partial charge in [-0.2, -0.15) is 11.8 Å². The third kappa shape index (κ3) is 2.99. The molecule has 0 saturated heterocycles. The maximum absolute atomic E-state index is 11.8. The molecule has 0 bridgehead atoms. The maximum atomic E-state index is 11.8. The minimum atomic E-state index is -0.167. The van der Waals surface area contributed by atoms with E-state index in [0.29, 0.717) is 5.69 Å². The zero-order valence-electron chi connectivity index (χ0n) is 9.67. The van der Waals surface area contributed by atoms with E-state index >= 15 is 0 Å². The number of nitrogens with zero attached hydrogens (tertiary/aromatic N) is 2. The van der Waals surface area contributed by atoms with Crippen molar-refractivity contribution < 1.29 is 9.90 Å². The summed E-state index contributed by atoms with van der Waals surface area (Å²) in [5.41, 5.74) is 0.518. The molecule has 2 unspecified atom stereocenters. The van der Waals surface area contributed by atoms with Gasteiger partial charge in [-0.3, -0.25) is 4.79 Å². The topological polar surface area (TPSA) is 67.2 Å². The molecule has 1 heterocycles. The lowest BCUT2D eigenvalue weighted by atomic mass is 10.2. The molecule has 2 N–H and O–H groups in total. The van der Waals surface area contributed by atoms with E-state index in [0.717, 1.165) is 0 Å². The Morgan fingerprint density at radius 2 is 2.44 bits per heavy atom. The average Bonchev–Trinajstić information content (AvgIpc) is 2.66. The van der Waals surface area contributed by atoms with Crippen molar-refractivity contribution in [1.82, 2.24) is 14.9 Å². The minimum Gasteiger partial charge on any atom is -0.395 e. The molecule has 6 heteroatoms. The van der Waals surface area contributed by atoms with Gasteiger partial charge in [-0.25, -0.2) is 4.98 Å². The minimum absolute atomic E-state index is 0.0113. The van der Waals surface area contributed by atoms with Gasteiger partial charge in [0, 0.05) is 18.3 Å². The predicted octanol–water partition coefficient (Wildman–Crippen LogP) is 0.262. The summed E-state index contributed by atoms with van der Waals surface area (Å²) in [6.45, 7) is 1.93. The van der Waals surface area contributed by atoms with Crippen molar-refractivity contribution in [2.24, 2.45) is 7.05 Å². The van der Waals surface area contributed by atoms with Crippen molar-refractivity contribution >= 4 is 17.7 Å². The van der Waals surface area contributed by atoms with Crippen LogP contribution in [0.1, 0.15) is 17.4 Å². The quantitative estimate of drug-likeness (QED) is 0.778.